The largest absolute Gasteiger partial charge is 0.274 e. The number of halogens is 4. The summed E-state index contributed by atoms with van der Waals surface area (Å²) in [4.78, 5) is 27.5. The van der Waals surface area contributed by atoms with Crippen molar-refractivity contribution < 1.29 is 9.59 Å². The average Bonchev–Trinajstić information content (AvgIpc) is 3.08. The highest BCUT2D eigenvalue weighted by molar-refractivity contribution is 9.12. The van der Waals surface area contributed by atoms with E-state index in [0.717, 1.165) is 10.9 Å². The Labute approximate surface area is 158 Å². The fourth-order valence-electron chi connectivity index (χ4n) is 4.23. The molecule has 4 rings (SSSR count). The highest BCUT2D eigenvalue weighted by atomic mass is 79.9. The summed E-state index contributed by atoms with van der Waals surface area (Å²) in [6.07, 6.45) is 0.938. The van der Waals surface area contributed by atoms with Gasteiger partial charge in [0.25, 0.3) is 0 Å². The summed E-state index contributed by atoms with van der Waals surface area (Å²) in [6.45, 7) is 0. The number of carbonyl (C=O) groups is 2. The lowest BCUT2D eigenvalue weighted by atomic mass is 9.81. The van der Waals surface area contributed by atoms with E-state index in [0.29, 0.717) is 10.7 Å². The van der Waals surface area contributed by atoms with Crippen molar-refractivity contribution >= 4 is 76.9 Å². The monoisotopic (exact) mass is 509 g/mol. The number of hydrogen-bond donors (Lipinski definition) is 0. The molecule has 0 unspecified atom stereocenters. The van der Waals surface area contributed by atoms with E-state index in [1.54, 1.807) is 18.2 Å². The van der Waals surface area contributed by atoms with Crippen molar-refractivity contribution in [2.75, 3.05) is 4.90 Å². The summed E-state index contributed by atoms with van der Waals surface area (Å²) in [5.74, 6) is -0.0934. The van der Waals surface area contributed by atoms with Gasteiger partial charge in [-0.3, -0.25) is 9.59 Å². The lowest BCUT2D eigenvalue weighted by Gasteiger charge is -2.28. The van der Waals surface area contributed by atoms with Crippen molar-refractivity contribution in [2.24, 2.45) is 23.7 Å². The zero-order valence-electron chi connectivity index (χ0n) is 11.2. The summed E-state index contributed by atoms with van der Waals surface area (Å²) < 4.78 is 0.748. The van der Waals surface area contributed by atoms with Crippen LogP contribution in [0.2, 0.25) is 5.02 Å². The molecule has 1 aromatic rings. The molecular weight excluding hydrogens is 501 g/mol. The van der Waals surface area contributed by atoms with E-state index >= 15 is 0 Å². The van der Waals surface area contributed by atoms with E-state index in [2.05, 4.69) is 47.8 Å². The number of amides is 2. The van der Waals surface area contributed by atoms with Crippen LogP contribution in [0.1, 0.15) is 6.42 Å². The maximum Gasteiger partial charge on any atom is 0.238 e. The minimum absolute atomic E-state index is 0.0789. The Kier molecular flexibility index (Phi) is 3.76. The second-order valence-corrected chi connectivity index (χ2v) is 9.49. The van der Waals surface area contributed by atoms with Gasteiger partial charge in [0.05, 0.1) is 22.5 Å². The van der Waals surface area contributed by atoms with Gasteiger partial charge < -0.3 is 0 Å². The molecule has 1 aliphatic heterocycles. The van der Waals surface area contributed by atoms with E-state index < -0.39 is 0 Å². The lowest BCUT2D eigenvalue weighted by Crippen LogP contribution is -2.37. The lowest BCUT2D eigenvalue weighted by molar-refractivity contribution is -0.123. The summed E-state index contributed by atoms with van der Waals surface area (Å²) in [5.41, 5.74) is 0.564. The number of fused-ring (bicyclic) bond motifs is 5. The van der Waals surface area contributed by atoms with E-state index in [4.69, 9.17) is 11.6 Å². The van der Waals surface area contributed by atoms with Crippen LogP contribution in [0.3, 0.4) is 0 Å². The minimum atomic E-state index is -0.196. The number of alkyl halides is 2. The summed E-state index contributed by atoms with van der Waals surface area (Å²) >= 11 is 16.8. The van der Waals surface area contributed by atoms with E-state index in [9.17, 15) is 9.59 Å². The van der Waals surface area contributed by atoms with Gasteiger partial charge in [-0.15, -0.1) is 0 Å². The maximum atomic E-state index is 12.9. The first-order chi connectivity index (χ1) is 10.4. The Hall–Kier alpha value is 0.0900. The number of nitrogens with zero attached hydrogens (tertiary/aromatic N) is 1. The van der Waals surface area contributed by atoms with Gasteiger partial charge in [-0.1, -0.05) is 43.5 Å². The molecule has 0 N–H and O–H groups in total. The second kappa shape index (κ2) is 5.30. The predicted molar refractivity (Wildman–Crippen MR) is 95.7 cm³/mol. The van der Waals surface area contributed by atoms with Crippen LogP contribution in [0.15, 0.2) is 22.7 Å². The Morgan fingerprint density at radius 2 is 1.59 bits per heavy atom. The highest BCUT2D eigenvalue weighted by Gasteiger charge is 2.66. The highest BCUT2D eigenvalue weighted by Crippen LogP contribution is 2.60. The quantitative estimate of drug-likeness (QED) is 0.414. The van der Waals surface area contributed by atoms with Gasteiger partial charge in [0.15, 0.2) is 0 Å². The van der Waals surface area contributed by atoms with Gasteiger partial charge >= 0.3 is 0 Å². The molecule has 3 nitrogen and oxygen atoms in total. The molecule has 6 atom stereocenters. The smallest absolute Gasteiger partial charge is 0.238 e. The van der Waals surface area contributed by atoms with E-state index in [1.165, 1.54) is 4.90 Å². The van der Waals surface area contributed by atoms with Gasteiger partial charge in [-0.2, -0.15) is 0 Å². The topological polar surface area (TPSA) is 37.4 Å². The van der Waals surface area contributed by atoms with Crippen LogP contribution in [-0.2, 0) is 9.59 Å². The van der Waals surface area contributed by atoms with Crippen LogP contribution in [0.5, 0.6) is 0 Å². The van der Waals surface area contributed by atoms with Crippen molar-refractivity contribution in [1.29, 1.82) is 0 Å². The molecule has 1 saturated heterocycles. The zero-order valence-corrected chi connectivity index (χ0v) is 16.7. The number of imide groups is 1. The van der Waals surface area contributed by atoms with Crippen molar-refractivity contribution in [1.82, 2.24) is 0 Å². The first kappa shape index (κ1) is 15.6. The van der Waals surface area contributed by atoms with Gasteiger partial charge in [0, 0.05) is 14.1 Å². The van der Waals surface area contributed by atoms with Gasteiger partial charge in [-0.05, 0) is 52.4 Å². The molecule has 1 aromatic carbocycles. The van der Waals surface area contributed by atoms with Crippen LogP contribution in [0, 0.1) is 23.7 Å². The van der Waals surface area contributed by atoms with Crippen LogP contribution >= 0.6 is 59.4 Å². The Balaban J connectivity index is 1.74. The molecule has 0 spiro atoms. The second-order valence-electron chi connectivity index (χ2n) is 6.11. The molecular formula is C15H11Br3ClNO2. The molecule has 0 radical (unpaired) electrons. The molecule has 3 aliphatic rings. The Morgan fingerprint density at radius 3 is 2.09 bits per heavy atom. The maximum absolute atomic E-state index is 12.9. The molecule has 2 saturated carbocycles. The van der Waals surface area contributed by atoms with Crippen molar-refractivity contribution in [3.8, 4) is 0 Å². The summed E-state index contributed by atoms with van der Waals surface area (Å²) in [5, 5.41) is 0.495. The minimum Gasteiger partial charge on any atom is -0.274 e. The first-order valence-electron chi connectivity index (χ1n) is 7.03. The molecule has 22 heavy (non-hydrogen) atoms. The van der Waals surface area contributed by atoms with Crippen molar-refractivity contribution in [3.63, 3.8) is 0 Å². The molecule has 2 bridgehead atoms. The third-order valence-electron chi connectivity index (χ3n) is 5.15. The third-order valence-corrected chi connectivity index (χ3v) is 9.59. The third kappa shape index (κ3) is 1.96. The van der Waals surface area contributed by atoms with Gasteiger partial charge in [0.1, 0.15) is 0 Å². The molecule has 3 fully saturated rings. The van der Waals surface area contributed by atoms with Gasteiger partial charge in [-0.25, -0.2) is 4.90 Å². The average molecular weight is 512 g/mol. The number of anilines is 1. The van der Waals surface area contributed by atoms with Crippen LogP contribution < -0.4 is 4.90 Å². The van der Waals surface area contributed by atoms with Crippen molar-refractivity contribution in [3.05, 3.63) is 27.7 Å². The molecule has 2 amide bonds. The zero-order chi connectivity index (χ0) is 15.8. The van der Waals surface area contributed by atoms with Crippen molar-refractivity contribution in [2.45, 2.75) is 16.1 Å². The Bertz CT molecular complexity index is 665. The fraction of sp³-hybridized carbons (Fsp3) is 0.467. The number of benzene rings is 1. The van der Waals surface area contributed by atoms with Crippen LogP contribution in [-0.4, -0.2) is 21.5 Å². The van der Waals surface area contributed by atoms with Crippen LogP contribution in [0.25, 0.3) is 0 Å². The molecule has 116 valence electrons. The Morgan fingerprint density at radius 1 is 1.05 bits per heavy atom. The summed E-state index contributed by atoms with van der Waals surface area (Å²) in [6, 6.07) is 5.19. The number of carbonyl (C=O) groups excluding carboxylic acids is 2. The normalized spacial score (nSPS) is 39.7. The summed E-state index contributed by atoms with van der Waals surface area (Å²) in [7, 11) is 0. The standard InChI is InChI=1S/C15H11Br3ClNO2/c16-8-2-1-5(3-9(8)19)20-14(21)10-6-4-7(11(10)15(20)22)13(18)12(6)17/h1-3,6-7,10-13H,4H2/t6-,7-,10-,11+,12-,13+/m1/s1. The molecule has 7 heteroatoms. The number of rotatable bonds is 1. The fourth-order valence-corrected chi connectivity index (χ4v) is 6.52. The number of hydrogen-bond acceptors (Lipinski definition) is 2. The van der Waals surface area contributed by atoms with E-state index in [-0.39, 0.29) is 45.1 Å². The SMILES string of the molecule is O=C1[C@@H]2[C@H]3C[C@@H]([C@H](Br)[C@@H]3Br)[C@@H]2C(=O)N1c1ccc(Br)c(Cl)c1. The predicted octanol–water partition coefficient (Wildman–Crippen LogP) is 4.38. The molecule has 0 aromatic heterocycles. The van der Waals surface area contributed by atoms with E-state index in [1.807, 2.05) is 0 Å². The first-order valence-corrected chi connectivity index (χ1v) is 10.0. The van der Waals surface area contributed by atoms with Gasteiger partial charge in [0.2, 0.25) is 11.8 Å². The van der Waals surface area contributed by atoms with Crippen LogP contribution in [0.4, 0.5) is 5.69 Å². The molecule has 2 aliphatic carbocycles. The molecule has 1 heterocycles.